The Morgan fingerprint density at radius 1 is 1.32 bits per heavy atom. The molecule has 1 aliphatic rings. The average Bonchev–Trinajstić information content (AvgIpc) is 2.98. The predicted molar refractivity (Wildman–Crippen MR) is 97.2 cm³/mol. The molecule has 1 amide bonds. The van der Waals surface area contributed by atoms with Gasteiger partial charge in [-0.05, 0) is 45.2 Å². The standard InChI is InChI=1S/C20H27N3O2/c1-15-12-16(2)23(21-15)19-10-7-11-22(13-19)20(24)17(3)25-14-18-8-5-4-6-9-18/h4-6,8-9,12,17,19H,7,10-11,13-14H2,1-3H3/t17-,19+/m1/s1. The van der Waals surface area contributed by atoms with Crippen molar-refractivity contribution in [2.75, 3.05) is 13.1 Å². The largest absolute Gasteiger partial charge is 0.364 e. The van der Waals surface area contributed by atoms with Gasteiger partial charge in [0, 0.05) is 18.8 Å². The van der Waals surface area contributed by atoms with Crippen LogP contribution in [-0.2, 0) is 16.1 Å². The zero-order chi connectivity index (χ0) is 17.8. The SMILES string of the molecule is Cc1cc(C)n([C@H]2CCCN(C(=O)[C@@H](C)OCc3ccccc3)C2)n1. The zero-order valence-electron chi connectivity index (χ0n) is 15.3. The average molecular weight is 341 g/mol. The summed E-state index contributed by atoms with van der Waals surface area (Å²) in [7, 11) is 0. The molecule has 134 valence electrons. The lowest BCUT2D eigenvalue weighted by atomic mass is 10.0. The maximum Gasteiger partial charge on any atom is 0.251 e. The number of piperidine rings is 1. The van der Waals surface area contributed by atoms with Crippen LogP contribution in [0.25, 0.3) is 0 Å². The first-order chi connectivity index (χ1) is 12.0. The van der Waals surface area contributed by atoms with Crippen LogP contribution in [0.1, 0.15) is 42.8 Å². The fourth-order valence-corrected chi connectivity index (χ4v) is 3.49. The third-order valence-electron chi connectivity index (χ3n) is 4.79. The lowest BCUT2D eigenvalue weighted by molar-refractivity contribution is -0.145. The van der Waals surface area contributed by atoms with Crippen LogP contribution in [-0.4, -0.2) is 39.8 Å². The maximum absolute atomic E-state index is 12.8. The molecule has 0 bridgehead atoms. The van der Waals surface area contributed by atoms with Gasteiger partial charge in [0.15, 0.2) is 0 Å². The lowest BCUT2D eigenvalue weighted by Crippen LogP contribution is -2.45. The van der Waals surface area contributed by atoms with Crippen molar-refractivity contribution < 1.29 is 9.53 Å². The van der Waals surface area contributed by atoms with Gasteiger partial charge < -0.3 is 9.64 Å². The number of carbonyl (C=O) groups excluding carboxylic acids is 1. The molecule has 25 heavy (non-hydrogen) atoms. The first-order valence-electron chi connectivity index (χ1n) is 9.01. The molecule has 2 aromatic rings. The van der Waals surface area contributed by atoms with Crippen LogP contribution in [0.3, 0.4) is 0 Å². The normalized spacial score (nSPS) is 19.0. The fraction of sp³-hybridized carbons (Fsp3) is 0.500. The number of hydrogen-bond donors (Lipinski definition) is 0. The Hall–Kier alpha value is -2.14. The van der Waals surface area contributed by atoms with Crippen molar-refractivity contribution in [3.8, 4) is 0 Å². The molecular formula is C20H27N3O2. The molecule has 1 aliphatic heterocycles. The number of likely N-dealkylation sites (tertiary alicyclic amines) is 1. The van der Waals surface area contributed by atoms with E-state index in [1.807, 2.05) is 49.1 Å². The number of aromatic nitrogens is 2. The number of benzene rings is 1. The summed E-state index contributed by atoms with van der Waals surface area (Å²) >= 11 is 0. The first kappa shape index (κ1) is 17.7. The highest BCUT2D eigenvalue weighted by atomic mass is 16.5. The number of ether oxygens (including phenoxy) is 1. The van der Waals surface area contributed by atoms with Gasteiger partial charge in [-0.2, -0.15) is 5.10 Å². The van der Waals surface area contributed by atoms with Gasteiger partial charge in [-0.1, -0.05) is 30.3 Å². The van der Waals surface area contributed by atoms with E-state index in [1.165, 1.54) is 0 Å². The Labute approximate surface area is 149 Å². The Balaban J connectivity index is 1.58. The molecule has 1 fully saturated rings. The van der Waals surface area contributed by atoms with Crippen molar-refractivity contribution in [1.82, 2.24) is 14.7 Å². The number of aryl methyl sites for hydroxylation is 2. The van der Waals surface area contributed by atoms with E-state index in [9.17, 15) is 4.79 Å². The fourth-order valence-electron chi connectivity index (χ4n) is 3.49. The van der Waals surface area contributed by atoms with E-state index < -0.39 is 6.10 Å². The van der Waals surface area contributed by atoms with E-state index in [4.69, 9.17) is 4.74 Å². The molecule has 5 nitrogen and oxygen atoms in total. The number of carbonyl (C=O) groups is 1. The smallest absolute Gasteiger partial charge is 0.251 e. The van der Waals surface area contributed by atoms with Gasteiger partial charge in [0.2, 0.25) is 0 Å². The predicted octanol–water partition coefficient (Wildman–Crippen LogP) is 3.27. The molecule has 1 aromatic heterocycles. The monoisotopic (exact) mass is 341 g/mol. The summed E-state index contributed by atoms with van der Waals surface area (Å²) in [5.41, 5.74) is 3.27. The zero-order valence-corrected chi connectivity index (χ0v) is 15.3. The minimum atomic E-state index is -0.431. The van der Waals surface area contributed by atoms with Gasteiger partial charge >= 0.3 is 0 Å². The van der Waals surface area contributed by atoms with Crippen LogP contribution < -0.4 is 0 Å². The quantitative estimate of drug-likeness (QED) is 0.838. The van der Waals surface area contributed by atoms with Crippen LogP contribution in [0.2, 0.25) is 0 Å². The summed E-state index contributed by atoms with van der Waals surface area (Å²) in [6.07, 6.45) is 1.63. The highest BCUT2D eigenvalue weighted by molar-refractivity contribution is 5.80. The minimum absolute atomic E-state index is 0.0714. The van der Waals surface area contributed by atoms with Gasteiger partial charge in [-0.15, -0.1) is 0 Å². The highest BCUT2D eigenvalue weighted by Gasteiger charge is 2.29. The second kappa shape index (κ2) is 7.83. The highest BCUT2D eigenvalue weighted by Crippen LogP contribution is 2.23. The third-order valence-corrected chi connectivity index (χ3v) is 4.79. The van der Waals surface area contributed by atoms with E-state index >= 15 is 0 Å². The van der Waals surface area contributed by atoms with Crippen LogP contribution in [0.15, 0.2) is 36.4 Å². The molecule has 0 radical (unpaired) electrons. The molecule has 2 heterocycles. The van der Waals surface area contributed by atoms with Crippen molar-refractivity contribution >= 4 is 5.91 Å². The molecule has 3 rings (SSSR count). The van der Waals surface area contributed by atoms with Crippen molar-refractivity contribution in [2.45, 2.75) is 52.4 Å². The summed E-state index contributed by atoms with van der Waals surface area (Å²) < 4.78 is 7.87. The molecule has 2 atom stereocenters. The minimum Gasteiger partial charge on any atom is -0.364 e. The second-order valence-electron chi connectivity index (χ2n) is 6.89. The van der Waals surface area contributed by atoms with E-state index in [0.29, 0.717) is 13.2 Å². The van der Waals surface area contributed by atoms with E-state index in [-0.39, 0.29) is 11.9 Å². The van der Waals surface area contributed by atoms with Gasteiger partial charge in [-0.3, -0.25) is 9.48 Å². The Kier molecular flexibility index (Phi) is 5.53. The first-order valence-corrected chi connectivity index (χ1v) is 9.01. The van der Waals surface area contributed by atoms with Gasteiger partial charge in [-0.25, -0.2) is 0 Å². The Morgan fingerprint density at radius 3 is 2.76 bits per heavy atom. The molecular weight excluding hydrogens is 314 g/mol. The van der Waals surface area contributed by atoms with Crippen molar-refractivity contribution in [3.05, 3.63) is 53.3 Å². The molecule has 1 aromatic carbocycles. The van der Waals surface area contributed by atoms with Gasteiger partial charge in [0.25, 0.3) is 5.91 Å². The van der Waals surface area contributed by atoms with Gasteiger partial charge in [0.05, 0.1) is 18.3 Å². The molecule has 0 spiro atoms. The van der Waals surface area contributed by atoms with Crippen LogP contribution >= 0.6 is 0 Å². The molecule has 1 saturated heterocycles. The summed E-state index contributed by atoms with van der Waals surface area (Å²) in [6.45, 7) is 7.90. The lowest BCUT2D eigenvalue weighted by Gasteiger charge is -2.34. The van der Waals surface area contributed by atoms with Crippen molar-refractivity contribution in [1.29, 1.82) is 0 Å². The van der Waals surface area contributed by atoms with Crippen LogP contribution in [0.5, 0.6) is 0 Å². The Morgan fingerprint density at radius 2 is 2.08 bits per heavy atom. The van der Waals surface area contributed by atoms with Crippen LogP contribution in [0, 0.1) is 13.8 Å². The maximum atomic E-state index is 12.8. The number of nitrogens with zero attached hydrogens (tertiary/aromatic N) is 3. The third kappa shape index (κ3) is 4.28. The number of hydrogen-bond acceptors (Lipinski definition) is 3. The summed E-state index contributed by atoms with van der Waals surface area (Å²) in [5.74, 6) is 0.0714. The number of rotatable bonds is 5. The summed E-state index contributed by atoms with van der Waals surface area (Å²) in [5, 5.41) is 4.60. The van der Waals surface area contributed by atoms with Crippen molar-refractivity contribution in [2.24, 2.45) is 0 Å². The summed E-state index contributed by atoms with van der Waals surface area (Å²) in [4.78, 5) is 14.7. The molecule has 5 heteroatoms. The Bertz CT molecular complexity index is 711. The molecule has 0 aliphatic carbocycles. The molecule has 0 saturated carbocycles. The van der Waals surface area contributed by atoms with Crippen LogP contribution in [0.4, 0.5) is 0 Å². The van der Waals surface area contributed by atoms with Crippen molar-refractivity contribution in [3.63, 3.8) is 0 Å². The number of amides is 1. The molecule has 0 N–H and O–H groups in total. The summed E-state index contributed by atoms with van der Waals surface area (Å²) in [6, 6.07) is 12.3. The van der Waals surface area contributed by atoms with E-state index in [1.54, 1.807) is 0 Å². The topological polar surface area (TPSA) is 47.4 Å². The molecule has 0 unspecified atom stereocenters. The van der Waals surface area contributed by atoms with Gasteiger partial charge in [0.1, 0.15) is 6.10 Å². The second-order valence-corrected chi connectivity index (χ2v) is 6.89. The van der Waals surface area contributed by atoms with E-state index in [2.05, 4.69) is 22.8 Å². The van der Waals surface area contributed by atoms with E-state index in [0.717, 1.165) is 36.3 Å².